The van der Waals surface area contributed by atoms with Gasteiger partial charge < -0.3 is 10.8 Å². The summed E-state index contributed by atoms with van der Waals surface area (Å²) < 4.78 is 0. The highest BCUT2D eigenvalue weighted by molar-refractivity contribution is 5.50. The smallest absolute Gasteiger partial charge is 0.0681 e. The molecule has 0 saturated heterocycles. The van der Waals surface area contributed by atoms with Crippen LogP contribution in [0.3, 0.4) is 0 Å². The fourth-order valence-electron chi connectivity index (χ4n) is 1.22. The number of nitrogens with two attached hydrogens (primary N) is 1. The Hall–Kier alpha value is -1.02. The van der Waals surface area contributed by atoms with Crippen molar-refractivity contribution in [2.75, 3.05) is 5.73 Å². The van der Waals surface area contributed by atoms with Crippen LogP contribution in [-0.4, -0.2) is 5.11 Å². The third-order valence-electron chi connectivity index (χ3n) is 1.96. The summed E-state index contributed by atoms with van der Waals surface area (Å²) in [5.41, 5.74) is 8.61. The molecule has 12 heavy (non-hydrogen) atoms. The second kappa shape index (κ2) is 3.59. The SMILES string of the molecule is CC(C)c1cc(CO)ccc1N. The molecule has 0 heterocycles. The van der Waals surface area contributed by atoms with Crippen molar-refractivity contribution in [3.63, 3.8) is 0 Å². The minimum absolute atomic E-state index is 0.0833. The van der Waals surface area contributed by atoms with Crippen LogP contribution in [-0.2, 0) is 6.61 Å². The summed E-state index contributed by atoms with van der Waals surface area (Å²) in [6.45, 7) is 4.26. The lowest BCUT2D eigenvalue weighted by Gasteiger charge is -2.10. The Morgan fingerprint density at radius 1 is 1.42 bits per heavy atom. The molecule has 0 aliphatic rings. The molecule has 0 aliphatic carbocycles. The summed E-state index contributed by atoms with van der Waals surface area (Å²) >= 11 is 0. The van der Waals surface area contributed by atoms with Crippen LogP contribution in [0.2, 0.25) is 0 Å². The number of rotatable bonds is 2. The highest BCUT2D eigenvalue weighted by Crippen LogP contribution is 2.22. The number of aliphatic hydroxyl groups is 1. The Kier molecular flexibility index (Phi) is 2.71. The predicted octanol–water partition coefficient (Wildman–Crippen LogP) is 1.88. The first-order valence-corrected chi connectivity index (χ1v) is 4.14. The molecule has 1 rings (SSSR count). The van der Waals surface area contributed by atoms with Gasteiger partial charge >= 0.3 is 0 Å². The maximum absolute atomic E-state index is 8.89. The van der Waals surface area contributed by atoms with Crippen molar-refractivity contribution >= 4 is 5.69 Å². The van der Waals surface area contributed by atoms with Gasteiger partial charge in [-0.25, -0.2) is 0 Å². The molecule has 0 unspecified atom stereocenters. The van der Waals surface area contributed by atoms with Crippen LogP contribution in [0.25, 0.3) is 0 Å². The Bertz CT molecular complexity index is 269. The molecule has 0 spiro atoms. The first-order valence-electron chi connectivity index (χ1n) is 4.14. The zero-order chi connectivity index (χ0) is 9.14. The molecule has 0 radical (unpaired) electrons. The van der Waals surface area contributed by atoms with Crippen LogP contribution < -0.4 is 5.73 Å². The van der Waals surface area contributed by atoms with Crippen LogP contribution in [0.5, 0.6) is 0 Å². The summed E-state index contributed by atoms with van der Waals surface area (Å²) in [6, 6.07) is 5.65. The van der Waals surface area contributed by atoms with Gasteiger partial charge in [0.25, 0.3) is 0 Å². The second-order valence-corrected chi connectivity index (χ2v) is 3.28. The maximum Gasteiger partial charge on any atom is 0.0681 e. The first-order chi connectivity index (χ1) is 5.65. The van der Waals surface area contributed by atoms with E-state index in [4.69, 9.17) is 10.8 Å². The Balaban J connectivity index is 3.08. The van der Waals surface area contributed by atoms with Gasteiger partial charge in [-0.2, -0.15) is 0 Å². The monoisotopic (exact) mass is 165 g/mol. The van der Waals surface area contributed by atoms with Crippen molar-refractivity contribution in [1.82, 2.24) is 0 Å². The summed E-state index contributed by atoms with van der Waals surface area (Å²) in [7, 11) is 0. The Morgan fingerprint density at radius 2 is 2.08 bits per heavy atom. The van der Waals surface area contributed by atoms with E-state index in [0.29, 0.717) is 5.92 Å². The van der Waals surface area contributed by atoms with Crippen LogP contribution in [0.4, 0.5) is 5.69 Å². The second-order valence-electron chi connectivity index (χ2n) is 3.28. The average molecular weight is 165 g/mol. The molecule has 0 saturated carbocycles. The molecule has 3 N–H and O–H groups in total. The average Bonchev–Trinajstić information content (AvgIpc) is 2.05. The minimum Gasteiger partial charge on any atom is -0.398 e. The van der Waals surface area contributed by atoms with Crippen molar-refractivity contribution in [1.29, 1.82) is 0 Å². The molecule has 0 fully saturated rings. The van der Waals surface area contributed by atoms with Crippen molar-refractivity contribution in [3.8, 4) is 0 Å². The fourth-order valence-corrected chi connectivity index (χ4v) is 1.22. The lowest BCUT2D eigenvalue weighted by atomic mass is 9.99. The summed E-state index contributed by atoms with van der Waals surface area (Å²) in [5, 5.41) is 8.89. The van der Waals surface area contributed by atoms with E-state index in [9.17, 15) is 0 Å². The maximum atomic E-state index is 8.89. The topological polar surface area (TPSA) is 46.2 Å². The Labute approximate surface area is 73.0 Å². The molecule has 66 valence electrons. The standard InChI is InChI=1S/C10H15NO/c1-7(2)9-5-8(6-12)3-4-10(9)11/h3-5,7,12H,6,11H2,1-2H3. The minimum atomic E-state index is 0.0833. The highest BCUT2D eigenvalue weighted by atomic mass is 16.3. The van der Waals surface area contributed by atoms with Gasteiger partial charge in [0.05, 0.1) is 6.61 Å². The predicted molar refractivity (Wildman–Crippen MR) is 50.9 cm³/mol. The molecule has 2 heteroatoms. The number of hydrogen-bond donors (Lipinski definition) is 2. The number of aliphatic hydroxyl groups excluding tert-OH is 1. The lowest BCUT2D eigenvalue weighted by Crippen LogP contribution is -1.97. The zero-order valence-corrected chi connectivity index (χ0v) is 7.54. The number of hydrogen-bond acceptors (Lipinski definition) is 2. The van der Waals surface area contributed by atoms with Gasteiger partial charge in [-0.3, -0.25) is 0 Å². The molecule has 0 aromatic heterocycles. The molecule has 2 nitrogen and oxygen atoms in total. The molecule has 0 atom stereocenters. The van der Waals surface area contributed by atoms with Gasteiger partial charge in [0.2, 0.25) is 0 Å². The lowest BCUT2D eigenvalue weighted by molar-refractivity contribution is 0.281. The molecular weight excluding hydrogens is 150 g/mol. The fraction of sp³-hybridized carbons (Fsp3) is 0.400. The molecule has 0 amide bonds. The normalized spacial score (nSPS) is 10.7. The van der Waals surface area contributed by atoms with E-state index < -0.39 is 0 Å². The van der Waals surface area contributed by atoms with E-state index in [-0.39, 0.29) is 6.61 Å². The molecule has 0 aliphatic heterocycles. The van der Waals surface area contributed by atoms with E-state index in [1.165, 1.54) is 0 Å². The molecule has 1 aromatic rings. The summed E-state index contributed by atoms with van der Waals surface area (Å²) in [5.74, 6) is 0.413. The highest BCUT2D eigenvalue weighted by Gasteiger charge is 2.04. The number of nitrogen functional groups attached to an aromatic ring is 1. The van der Waals surface area contributed by atoms with Crippen molar-refractivity contribution < 1.29 is 5.11 Å². The third-order valence-corrected chi connectivity index (χ3v) is 1.96. The van der Waals surface area contributed by atoms with Gasteiger partial charge in [-0.05, 0) is 23.1 Å². The largest absolute Gasteiger partial charge is 0.398 e. The molecule has 1 aromatic carbocycles. The number of anilines is 1. The molecule has 0 bridgehead atoms. The summed E-state index contributed by atoms with van der Waals surface area (Å²) in [6.07, 6.45) is 0. The molecular formula is C10H15NO. The van der Waals surface area contributed by atoms with Crippen molar-refractivity contribution in [2.45, 2.75) is 26.4 Å². The summed E-state index contributed by atoms with van der Waals surface area (Å²) in [4.78, 5) is 0. The van der Waals surface area contributed by atoms with Crippen LogP contribution >= 0.6 is 0 Å². The van der Waals surface area contributed by atoms with Gasteiger partial charge in [-0.15, -0.1) is 0 Å². The first kappa shape index (κ1) is 9.07. The van der Waals surface area contributed by atoms with Gasteiger partial charge in [0, 0.05) is 5.69 Å². The zero-order valence-electron chi connectivity index (χ0n) is 7.54. The van der Waals surface area contributed by atoms with E-state index in [0.717, 1.165) is 16.8 Å². The third kappa shape index (κ3) is 1.77. The van der Waals surface area contributed by atoms with Crippen LogP contribution in [0.15, 0.2) is 18.2 Å². The quantitative estimate of drug-likeness (QED) is 0.657. The van der Waals surface area contributed by atoms with Crippen LogP contribution in [0.1, 0.15) is 30.9 Å². The van der Waals surface area contributed by atoms with Gasteiger partial charge in [0.15, 0.2) is 0 Å². The van der Waals surface area contributed by atoms with Crippen LogP contribution in [0, 0.1) is 0 Å². The van der Waals surface area contributed by atoms with E-state index in [1.54, 1.807) is 0 Å². The van der Waals surface area contributed by atoms with Gasteiger partial charge in [-0.1, -0.05) is 26.0 Å². The van der Waals surface area contributed by atoms with Gasteiger partial charge in [0.1, 0.15) is 0 Å². The van der Waals surface area contributed by atoms with Crippen molar-refractivity contribution in [2.24, 2.45) is 0 Å². The number of benzene rings is 1. The Morgan fingerprint density at radius 3 is 2.58 bits per heavy atom. The van der Waals surface area contributed by atoms with E-state index in [1.807, 2.05) is 18.2 Å². The van der Waals surface area contributed by atoms with E-state index >= 15 is 0 Å². The van der Waals surface area contributed by atoms with Crippen molar-refractivity contribution in [3.05, 3.63) is 29.3 Å². The van der Waals surface area contributed by atoms with E-state index in [2.05, 4.69) is 13.8 Å².